The van der Waals surface area contributed by atoms with Crippen LogP contribution < -0.4 is 9.70 Å². The van der Waals surface area contributed by atoms with Crippen LogP contribution in [0.5, 0.6) is 0 Å². The number of rotatable bonds is 3. The zero-order chi connectivity index (χ0) is 18.1. The van der Waals surface area contributed by atoms with Gasteiger partial charge in [-0.25, -0.2) is 4.68 Å². The number of benzene rings is 2. The van der Waals surface area contributed by atoms with E-state index in [1.54, 1.807) is 16.6 Å². The topological polar surface area (TPSA) is 50.0 Å². The molecule has 0 N–H and O–H groups in total. The monoisotopic (exact) mass is 362 g/mol. The van der Waals surface area contributed by atoms with Gasteiger partial charge in [-0.15, -0.1) is 11.3 Å². The first kappa shape index (κ1) is 16.5. The number of fused-ring (bicyclic) bond motifs is 1. The van der Waals surface area contributed by atoms with Gasteiger partial charge in [0.05, 0.1) is 11.4 Å². The second-order valence-corrected chi connectivity index (χ2v) is 6.72. The summed E-state index contributed by atoms with van der Waals surface area (Å²) in [6, 6.07) is 17.7. The van der Waals surface area contributed by atoms with Crippen LogP contribution in [0.1, 0.15) is 12.5 Å². The minimum atomic E-state index is -0.105. The Hall–Kier alpha value is -2.99. The summed E-state index contributed by atoms with van der Waals surface area (Å²) in [5.74, 6) is -0.105. The molecule has 0 bridgehead atoms. The molecule has 0 saturated carbocycles. The smallest absolute Gasteiger partial charge is 0.279 e. The first-order chi connectivity index (χ1) is 12.7. The molecule has 0 unspecified atom stereocenters. The Kier molecular flexibility index (Phi) is 4.26. The SMILES string of the molecule is CCN=c1scc(-c2ccccc2)n1N=C1C(=O)N(C)c2ccccc21. The summed E-state index contributed by atoms with van der Waals surface area (Å²) in [4.78, 5) is 19.7. The number of para-hydroxylation sites is 1. The maximum absolute atomic E-state index is 12.8. The number of hydrogen-bond donors (Lipinski definition) is 0. The molecule has 0 radical (unpaired) electrons. The molecule has 6 heteroatoms. The van der Waals surface area contributed by atoms with Gasteiger partial charge < -0.3 is 4.90 Å². The van der Waals surface area contributed by atoms with E-state index in [0.29, 0.717) is 12.3 Å². The standard InChI is InChI=1S/C20H18N4OS/c1-3-21-20-24(17(13-26-20)14-9-5-4-6-10-14)22-18-15-11-7-8-12-16(15)23(2)19(18)25/h4-13H,3H2,1-2H3. The van der Waals surface area contributed by atoms with Crippen LogP contribution in [0.2, 0.25) is 0 Å². The second-order valence-electron chi connectivity index (χ2n) is 5.89. The fourth-order valence-electron chi connectivity index (χ4n) is 2.99. The molecule has 3 aromatic rings. The average molecular weight is 362 g/mol. The molecule has 0 aliphatic carbocycles. The van der Waals surface area contributed by atoms with E-state index in [4.69, 9.17) is 5.10 Å². The number of carbonyl (C=O) groups is 1. The maximum atomic E-state index is 12.8. The summed E-state index contributed by atoms with van der Waals surface area (Å²) >= 11 is 1.53. The molecule has 1 aliphatic rings. The van der Waals surface area contributed by atoms with Gasteiger partial charge in [0.25, 0.3) is 5.91 Å². The molecule has 1 amide bonds. The Labute approximate surface area is 155 Å². The van der Waals surface area contributed by atoms with Crippen molar-refractivity contribution in [1.29, 1.82) is 0 Å². The largest absolute Gasteiger partial charge is 0.309 e. The van der Waals surface area contributed by atoms with Gasteiger partial charge in [-0.3, -0.25) is 9.79 Å². The Balaban J connectivity index is 1.94. The van der Waals surface area contributed by atoms with Crippen LogP contribution in [0.3, 0.4) is 0 Å². The third kappa shape index (κ3) is 2.68. The van der Waals surface area contributed by atoms with Crippen LogP contribution in [0, 0.1) is 0 Å². The van der Waals surface area contributed by atoms with Gasteiger partial charge in [0.15, 0.2) is 5.71 Å². The number of carbonyl (C=O) groups excluding carboxylic acids is 1. The molecule has 1 aliphatic heterocycles. The Morgan fingerprint density at radius 1 is 1.04 bits per heavy atom. The summed E-state index contributed by atoms with van der Waals surface area (Å²) in [6.07, 6.45) is 0. The molecule has 0 fully saturated rings. The summed E-state index contributed by atoms with van der Waals surface area (Å²) in [6.45, 7) is 2.65. The molecular formula is C20H18N4OS. The Bertz CT molecular complexity index is 1060. The number of anilines is 1. The van der Waals surface area contributed by atoms with Crippen molar-refractivity contribution in [3.63, 3.8) is 0 Å². The lowest BCUT2D eigenvalue weighted by Crippen LogP contribution is -2.27. The molecule has 26 heavy (non-hydrogen) atoms. The van der Waals surface area contributed by atoms with Crippen molar-refractivity contribution in [3.05, 3.63) is 70.3 Å². The van der Waals surface area contributed by atoms with Gasteiger partial charge in [-0.05, 0) is 13.0 Å². The van der Waals surface area contributed by atoms with E-state index in [9.17, 15) is 4.79 Å². The average Bonchev–Trinajstić information content (AvgIpc) is 3.18. The predicted octanol–water partition coefficient (Wildman–Crippen LogP) is 3.37. The third-order valence-corrected chi connectivity index (χ3v) is 5.13. The van der Waals surface area contributed by atoms with Crippen LogP contribution in [-0.2, 0) is 4.79 Å². The van der Waals surface area contributed by atoms with Crippen LogP contribution in [-0.4, -0.2) is 29.9 Å². The fourth-order valence-corrected chi connectivity index (χ4v) is 3.89. The molecular weight excluding hydrogens is 344 g/mol. The van der Waals surface area contributed by atoms with Gasteiger partial charge in [-0.1, -0.05) is 48.5 Å². The van der Waals surface area contributed by atoms with Crippen molar-refractivity contribution >= 4 is 28.6 Å². The van der Waals surface area contributed by atoms with E-state index >= 15 is 0 Å². The Morgan fingerprint density at radius 2 is 1.77 bits per heavy atom. The van der Waals surface area contributed by atoms with Crippen LogP contribution in [0.15, 0.2) is 70.1 Å². The Morgan fingerprint density at radius 3 is 2.54 bits per heavy atom. The number of hydrogen-bond acceptors (Lipinski definition) is 4. The van der Waals surface area contributed by atoms with Crippen LogP contribution >= 0.6 is 11.3 Å². The molecule has 2 heterocycles. The number of likely N-dealkylation sites (N-methyl/N-ethyl adjacent to an activating group) is 1. The lowest BCUT2D eigenvalue weighted by molar-refractivity contribution is -0.112. The van der Waals surface area contributed by atoms with Crippen molar-refractivity contribution in [2.75, 3.05) is 18.5 Å². The predicted molar refractivity (Wildman–Crippen MR) is 106 cm³/mol. The normalized spacial score (nSPS) is 15.8. The van der Waals surface area contributed by atoms with Gasteiger partial charge in [0.2, 0.25) is 4.80 Å². The van der Waals surface area contributed by atoms with Gasteiger partial charge in [0, 0.05) is 30.1 Å². The van der Waals surface area contributed by atoms with E-state index in [0.717, 1.165) is 27.3 Å². The highest BCUT2D eigenvalue weighted by Gasteiger charge is 2.31. The van der Waals surface area contributed by atoms with E-state index in [1.807, 2.05) is 66.9 Å². The highest BCUT2D eigenvalue weighted by molar-refractivity contribution is 7.07. The van der Waals surface area contributed by atoms with Crippen molar-refractivity contribution in [2.45, 2.75) is 6.92 Å². The summed E-state index contributed by atoms with van der Waals surface area (Å²) in [7, 11) is 1.78. The second kappa shape index (κ2) is 6.72. The van der Waals surface area contributed by atoms with Gasteiger partial charge >= 0.3 is 0 Å². The number of nitrogens with zero attached hydrogens (tertiary/aromatic N) is 4. The van der Waals surface area contributed by atoms with Crippen molar-refractivity contribution in [1.82, 2.24) is 4.68 Å². The van der Waals surface area contributed by atoms with E-state index in [2.05, 4.69) is 4.99 Å². The summed E-state index contributed by atoms with van der Waals surface area (Å²) in [5, 5.41) is 6.78. The first-order valence-corrected chi connectivity index (χ1v) is 9.31. The van der Waals surface area contributed by atoms with E-state index < -0.39 is 0 Å². The number of thiazole rings is 1. The molecule has 0 saturated heterocycles. The van der Waals surface area contributed by atoms with Crippen molar-refractivity contribution in [2.24, 2.45) is 10.1 Å². The minimum absolute atomic E-state index is 0.105. The summed E-state index contributed by atoms with van der Waals surface area (Å²) < 4.78 is 1.78. The quantitative estimate of drug-likeness (QED) is 0.705. The third-order valence-electron chi connectivity index (χ3n) is 4.28. The summed E-state index contributed by atoms with van der Waals surface area (Å²) in [5.41, 5.74) is 4.13. The van der Waals surface area contributed by atoms with Crippen LogP contribution in [0.4, 0.5) is 5.69 Å². The zero-order valence-electron chi connectivity index (χ0n) is 14.6. The number of aromatic nitrogens is 1. The lowest BCUT2D eigenvalue weighted by Gasteiger charge is -2.07. The van der Waals surface area contributed by atoms with Gasteiger partial charge in [-0.2, -0.15) is 5.10 Å². The molecule has 0 atom stereocenters. The fraction of sp³-hybridized carbons (Fsp3) is 0.150. The molecule has 5 nitrogen and oxygen atoms in total. The van der Waals surface area contributed by atoms with Crippen molar-refractivity contribution in [3.8, 4) is 11.3 Å². The highest BCUT2D eigenvalue weighted by Crippen LogP contribution is 2.28. The lowest BCUT2D eigenvalue weighted by atomic mass is 10.1. The van der Waals surface area contributed by atoms with Crippen LogP contribution in [0.25, 0.3) is 11.3 Å². The van der Waals surface area contributed by atoms with E-state index in [-0.39, 0.29) is 5.91 Å². The molecule has 4 rings (SSSR count). The highest BCUT2D eigenvalue weighted by atomic mass is 32.1. The number of amides is 1. The minimum Gasteiger partial charge on any atom is -0.309 e. The maximum Gasteiger partial charge on any atom is 0.279 e. The molecule has 0 spiro atoms. The molecule has 1 aromatic heterocycles. The molecule has 2 aromatic carbocycles. The van der Waals surface area contributed by atoms with E-state index in [1.165, 1.54) is 11.3 Å². The zero-order valence-corrected chi connectivity index (χ0v) is 15.4. The molecule has 130 valence electrons. The first-order valence-electron chi connectivity index (χ1n) is 8.43. The van der Waals surface area contributed by atoms with Gasteiger partial charge in [0.1, 0.15) is 0 Å². The van der Waals surface area contributed by atoms with Crippen molar-refractivity contribution < 1.29 is 4.79 Å².